The van der Waals surface area contributed by atoms with Crippen LogP contribution in [0.15, 0.2) is 170 Å². The molecule has 0 saturated carbocycles. The maximum absolute atomic E-state index is 2.97. The number of nitrogens with zero attached hydrogens (tertiary/aromatic N) is 1. The predicted molar refractivity (Wildman–Crippen MR) is 202 cm³/mol. The third-order valence-electron chi connectivity index (χ3n) is 9.72. The fraction of sp³-hybridized carbons (Fsp3) is 0.200. The van der Waals surface area contributed by atoms with E-state index in [1.807, 2.05) is 0 Å². The van der Waals surface area contributed by atoms with Gasteiger partial charge >= 0.3 is 0 Å². The second kappa shape index (κ2) is 15.1. The molecule has 7 rings (SSSR count). The monoisotopic (exact) mass is 629 g/mol. The lowest BCUT2D eigenvalue weighted by Gasteiger charge is -2.43. The van der Waals surface area contributed by atoms with Crippen molar-refractivity contribution in [2.75, 3.05) is 6.54 Å². The van der Waals surface area contributed by atoms with E-state index < -0.39 is 8.07 Å². The summed E-state index contributed by atoms with van der Waals surface area (Å²) in [6.45, 7) is 3.42. The highest BCUT2D eigenvalue weighted by Gasteiger charge is 2.43. The smallest absolute Gasteiger partial charge is 0.0637 e. The third-order valence-corrected chi connectivity index (χ3v) is 13.1. The second-order valence-electron chi connectivity index (χ2n) is 12.7. The van der Waals surface area contributed by atoms with E-state index >= 15 is 0 Å². The molecule has 47 heavy (non-hydrogen) atoms. The third kappa shape index (κ3) is 7.03. The molecule has 6 aromatic rings. The number of benzene rings is 6. The summed E-state index contributed by atoms with van der Waals surface area (Å²) in [5.41, 5.74) is 11.9. The van der Waals surface area contributed by atoms with Crippen molar-refractivity contribution < 1.29 is 0 Å². The molecule has 1 aliphatic heterocycles. The number of hydrogen-bond acceptors (Lipinski definition) is 1. The Balaban J connectivity index is 1.36. The van der Waals surface area contributed by atoms with Gasteiger partial charge in [0.2, 0.25) is 0 Å². The molecule has 1 saturated heterocycles. The quantitative estimate of drug-likeness (QED) is 0.129. The van der Waals surface area contributed by atoms with Crippen LogP contribution in [0.5, 0.6) is 0 Å². The minimum atomic E-state index is -0.556. The first-order valence-corrected chi connectivity index (χ1v) is 18.7. The Morgan fingerprint density at radius 1 is 0.489 bits per heavy atom. The largest absolute Gasteiger partial charge is 0.269 e. The lowest BCUT2D eigenvalue weighted by atomic mass is 9.94. The lowest BCUT2D eigenvalue weighted by Crippen LogP contribution is -2.28. The van der Waals surface area contributed by atoms with E-state index in [-0.39, 0.29) is 6.04 Å². The van der Waals surface area contributed by atoms with Crippen LogP contribution in [0.1, 0.15) is 72.2 Å². The predicted octanol–water partition coefficient (Wildman–Crippen LogP) is 12.9. The van der Waals surface area contributed by atoms with Crippen molar-refractivity contribution in [2.24, 2.45) is 0 Å². The summed E-state index contributed by atoms with van der Waals surface area (Å²) >= 11 is 0. The Labute approximate surface area is 282 Å². The highest BCUT2D eigenvalue weighted by molar-refractivity contribution is 7.56. The highest BCUT2D eigenvalue weighted by Crippen LogP contribution is 2.73. The van der Waals surface area contributed by atoms with E-state index in [0.717, 1.165) is 6.54 Å². The Morgan fingerprint density at radius 2 is 0.851 bits per heavy atom. The van der Waals surface area contributed by atoms with Crippen LogP contribution in [-0.4, -0.2) is 11.2 Å². The van der Waals surface area contributed by atoms with Crippen LogP contribution in [0.25, 0.3) is 22.3 Å². The minimum Gasteiger partial charge on any atom is -0.269 e. The fourth-order valence-electron chi connectivity index (χ4n) is 7.36. The van der Waals surface area contributed by atoms with Crippen molar-refractivity contribution in [2.45, 2.75) is 50.0 Å². The zero-order valence-electron chi connectivity index (χ0n) is 27.3. The molecular weight excluding hydrogens is 585 g/mol. The van der Waals surface area contributed by atoms with Crippen LogP contribution in [0.2, 0.25) is 0 Å². The Kier molecular flexibility index (Phi) is 10.0. The molecule has 0 aliphatic carbocycles. The van der Waals surface area contributed by atoms with Gasteiger partial charge in [-0.05, 0) is 71.8 Å². The van der Waals surface area contributed by atoms with Crippen LogP contribution in [0.3, 0.4) is 0 Å². The molecule has 0 amide bonds. The maximum atomic E-state index is 2.97. The maximum Gasteiger partial charge on any atom is 0.0637 e. The van der Waals surface area contributed by atoms with Gasteiger partial charge < -0.3 is 0 Å². The van der Waals surface area contributed by atoms with Crippen LogP contribution in [0.4, 0.5) is 0 Å². The standard InChI is InChI=1S/C45H44NP/c1-2-3-34-46(47-43(39-20-12-6-13-21-39)32-33-44(47)40-22-14-7-15-23-40)45(41-28-24-37(25-29-41)35-16-8-4-9-17-35)42-30-26-38(27-31-42)36-18-10-5-11-19-36/h4-31,43-45H,2-3,32-34H2,1H3/t43-,44-/m0/s1. The molecule has 0 aromatic heterocycles. The van der Waals surface area contributed by atoms with Crippen LogP contribution in [0, 0.1) is 0 Å². The highest BCUT2D eigenvalue weighted by atomic mass is 31.1. The first-order chi connectivity index (χ1) is 23.3. The van der Waals surface area contributed by atoms with Crippen molar-refractivity contribution in [3.05, 3.63) is 192 Å². The summed E-state index contributed by atoms with van der Waals surface area (Å²) in [6.07, 6.45) is 4.82. The van der Waals surface area contributed by atoms with Crippen LogP contribution >= 0.6 is 8.07 Å². The van der Waals surface area contributed by atoms with Gasteiger partial charge in [-0.3, -0.25) is 4.67 Å². The van der Waals surface area contributed by atoms with Gasteiger partial charge in [0.1, 0.15) is 0 Å². The van der Waals surface area contributed by atoms with Crippen LogP contribution in [-0.2, 0) is 0 Å². The van der Waals surface area contributed by atoms with Gasteiger partial charge in [-0.15, -0.1) is 0 Å². The van der Waals surface area contributed by atoms with E-state index in [9.17, 15) is 0 Å². The van der Waals surface area contributed by atoms with E-state index in [1.54, 1.807) is 0 Å². The van der Waals surface area contributed by atoms with Crippen LogP contribution < -0.4 is 0 Å². The van der Waals surface area contributed by atoms with Gasteiger partial charge in [0, 0.05) is 17.9 Å². The van der Waals surface area contributed by atoms with Gasteiger partial charge in [-0.2, -0.15) is 0 Å². The molecule has 6 aromatic carbocycles. The van der Waals surface area contributed by atoms with Crippen molar-refractivity contribution in [1.29, 1.82) is 0 Å². The summed E-state index contributed by atoms with van der Waals surface area (Å²) in [5, 5.41) is 0. The van der Waals surface area contributed by atoms with Gasteiger partial charge in [-0.25, -0.2) is 0 Å². The van der Waals surface area contributed by atoms with Crippen molar-refractivity contribution in [1.82, 2.24) is 4.67 Å². The average molecular weight is 630 g/mol. The van der Waals surface area contributed by atoms with Crippen molar-refractivity contribution >= 4 is 8.07 Å². The number of rotatable bonds is 11. The fourth-order valence-corrected chi connectivity index (χ4v) is 11.2. The first-order valence-electron chi connectivity index (χ1n) is 17.3. The van der Waals surface area contributed by atoms with Gasteiger partial charge in [0.25, 0.3) is 0 Å². The zero-order chi connectivity index (χ0) is 31.8. The number of unbranched alkanes of at least 4 members (excludes halogenated alkanes) is 1. The van der Waals surface area contributed by atoms with Gasteiger partial charge in [-0.1, -0.05) is 183 Å². The van der Waals surface area contributed by atoms with E-state index in [2.05, 4.69) is 181 Å². The first kappa shape index (κ1) is 31.3. The summed E-state index contributed by atoms with van der Waals surface area (Å²) in [5.74, 6) is 0. The second-order valence-corrected chi connectivity index (χ2v) is 15.2. The molecule has 0 N–H and O–H groups in total. The molecule has 2 atom stereocenters. The molecule has 2 heteroatoms. The van der Waals surface area contributed by atoms with Gasteiger partial charge in [0.15, 0.2) is 0 Å². The topological polar surface area (TPSA) is 3.24 Å². The summed E-state index contributed by atoms with van der Waals surface area (Å²) in [6, 6.07) is 63.4. The Hall–Kier alpha value is -4.29. The molecule has 1 nitrogen and oxygen atoms in total. The molecule has 0 spiro atoms. The SMILES string of the molecule is CCCCN(C(c1ccc(-c2ccccc2)cc1)c1ccc(-c2ccccc2)cc1)P1[C@H](c2ccccc2)CC[C@H]1c1ccccc1. The molecule has 234 valence electrons. The van der Waals surface area contributed by atoms with E-state index in [1.165, 1.54) is 70.2 Å². The molecule has 1 aliphatic rings. The Bertz CT molecular complexity index is 1670. The van der Waals surface area contributed by atoms with Crippen molar-refractivity contribution in [3.63, 3.8) is 0 Å². The minimum absolute atomic E-state index is 0.165. The number of hydrogen-bond donors (Lipinski definition) is 0. The summed E-state index contributed by atoms with van der Waals surface area (Å²) in [4.78, 5) is 0. The molecule has 0 unspecified atom stereocenters. The summed E-state index contributed by atoms with van der Waals surface area (Å²) < 4.78 is 2.97. The van der Waals surface area contributed by atoms with Gasteiger partial charge in [0.05, 0.1) is 6.04 Å². The average Bonchev–Trinajstić information content (AvgIpc) is 3.60. The molecule has 1 heterocycles. The van der Waals surface area contributed by atoms with E-state index in [0.29, 0.717) is 11.3 Å². The van der Waals surface area contributed by atoms with E-state index in [4.69, 9.17) is 0 Å². The molecule has 1 fully saturated rings. The normalized spacial score (nSPS) is 16.6. The summed E-state index contributed by atoms with van der Waals surface area (Å²) in [7, 11) is -0.556. The molecule has 0 radical (unpaired) electrons. The Morgan fingerprint density at radius 3 is 1.23 bits per heavy atom. The zero-order valence-corrected chi connectivity index (χ0v) is 28.2. The lowest BCUT2D eigenvalue weighted by molar-refractivity contribution is 0.377. The van der Waals surface area contributed by atoms with Crippen molar-refractivity contribution in [3.8, 4) is 22.3 Å². The molecular formula is C45H44NP. The molecule has 0 bridgehead atoms.